The van der Waals surface area contributed by atoms with E-state index in [2.05, 4.69) is 10.2 Å². The first-order valence-electron chi connectivity index (χ1n) is 6.47. The lowest BCUT2D eigenvalue weighted by Crippen LogP contribution is -2.34. The number of ether oxygens (including phenoxy) is 1. The standard InChI is InChI=1S/C13H11N5O5/c1-7-10(18(21)22)11-12(19)15-16(13(20)17(11)14-7)8-4-3-5-9(6-8)23-2/h3-6H,1-2H3,(H,15,19). The fraction of sp³-hybridized carbons (Fsp3) is 0.154. The molecule has 0 aliphatic rings. The summed E-state index contributed by atoms with van der Waals surface area (Å²) in [7, 11) is 1.47. The Kier molecular flexibility index (Phi) is 3.21. The SMILES string of the molecule is COc1cccc(-n2[nH]c(=O)c3c([N+](=O)[O-])c(C)nn3c2=O)c1. The fourth-order valence-electron chi connectivity index (χ4n) is 2.30. The molecule has 0 saturated carbocycles. The second-order valence-electron chi connectivity index (χ2n) is 4.71. The first-order chi connectivity index (χ1) is 10.9. The average Bonchev–Trinajstić information content (AvgIpc) is 2.89. The van der Waals surface area contributed by atoms with E-state index in [0.717, 1.165) is 9.20 Å². The average molecular weight is 317 g/mol. The van der Waals surface area contributed by atoms with Gasteiger partial charge in [-0.2, -0.15) is 9.61 Å². The highest BCUT2D eigenvalue weighted by atomic mass is 16.6. The van der Waals surface area contributed by atoms with Gasteiger partial charge in [0.1, 0.15) is 11.4 Å². The molecule has 0 aliphatic carbocycles. The number of aromatic nitrogens is 4. The molecule has 10 heteroatoms. The smallest absolute Gasteiger partial charge is 0.369 e. The number of nitrogens with zero attached hydrogens (tertiary/aromatic N) is 4. The van der Waals surface area contributed by atoms with Crippen molar-refractivity contribution < 1.29 is 9.66 Å². The van der Waals surface area contributed by atoms with Crippen LogP contribution in [0.4, 0.5) is 5.69 Å². The van der Waals surface area contributed by atoms with Crippen molar-refractivity contribution in [2.24, 2.45) is 0 Å². The molecule has 0 amide bonds. The predicted molar refractivity (Wildman–Crippen MR) is 79.4 cm³/mol. The summed E-state index contributed by atoms with van der Waals surface area (Å²) in [5, 5.41) is 17.2. The minimum Gasteiger partial charge on any atom is -0.497 e. The summed E-state index contributed by atoms with van der Waals surface area (Å²) >= 11 is 0. The Morgan fingerprint density at radius 2 is 2.09 bits per heavy atom. The summed E-state index contributed by atoms with van der Waals surface area (Å²) in [5.74, 6) is 0.484. The molecule has 2 aromatic heterocycles. The molecule has 0 bridgehead atoms. The number of benzene rings is 1. The Bertz CT molecular complexity index is 1050. The van der Waals surface area contributed by atoms with Gasteiger partial charge in [0.25, 0.3) is 5.56 Å². The largest absolute Gasteiger partial charge is 0.497 e. The maximum atomic E-state index is 12.5. The van der Waals surface area contributed by atoms with Crippen molar-refractivity contribution in [2.45, 2.75) is 6.92 Å². The number of rotatable bonds is 3. The third-order valence-electron chi connectivity index (χ3n) is 3.32. The third-order valence-corrected chi connectivity index (χ3v) is 3.32. The van der Waals surface area contributed by atoms with Gasteiger partial charge >= 0.3 is 11.4 Å². The second kappa shape index (κ2) is 5.09. The van der Waals surface area contributed by atoms with E-state index in [-0.39, 0.29) is 5.69 Å². The van der Waals surface area contributed by atoms with Crippen molar-refractivity contribution in [1.82, 2.24) is 19.4 Å². The topological polar surface area (TPSA) is 125 Å². The van der Waals surface area contributed by atoms with Crippen LogP contribution >= 0.6 is 0 Å². The number of hydrogen-bond acceptors (Lipinski definition) is 6. The lowest BCUT2D eigenvalue weighted by Gasteiger charge is -2.07. The molecule has 118 valence electrons. The quantitative estimate of drug-likeness (QED) is 0.550. The molecule has 0 radical (unpaired) electrons. The van der Waals surface area contributed by atoms with Gasteiger partial charge < -0.3 is 4.74 Å². The summed E-state index contributed by atoms with van der Waals surface area (Å²) in [6, 6.07) is 6.43. The molecule has 0 fully saturated rings. The molecule has 1 aromatic carbocycles. The van der Waals surface area contributed by atoms with Crippen LogP contribution in [0.1, 0.15) is 5.69 Å². The van der Waals surface area contributed by atoms with Gasteiger partial charge in [0.15, 0.2) is 0 Å². The highest BCUT2D eigenvalue weighted by molar-refractivity contribution is 5.65. The van der Waals surface area contributed by atoms with Crippen LogP contribution in [-0.2, 0) is 0 Å². The van der Waals surface area contributed by atoms with E-state index >= 15 is 0 Å². The highest BCUT2D eigenvalue weighted by Gasteiger charge is 2.25. The van der Waals surface area contributed by atoms with Crippen molar-refractivity contribution in [3.05, 3.63) is 60.9 Å². The minimum atomic E-state index is -0.792. The first kappa shape index (κ1) is 14.5. The van der Waals surface area contributed by atoms with Gasteiger partial charge in [-0.1, -0.05) is 6.07 Å². The maximum absolute atomic E-state index is 12.5. The first-order valence-corrected chi connectivity index (χ1v) is 6.47. The zero-order valence-electron chi connectivity index (χ0n) is 12.1. The molecular formula is C13H11N5O5. The van der Waals surface area contributed by atoms with Gasteiger partial charge in [-0.05, 0) is 19.1 Å². The van der Waals surface area contributed by atoms with E-state index in [4.69, 9.17) is 4.74 Å². The summed E-state index contributed by atoms with van der Waals surface area (Å²) in [6.07, 6.45) is 0. The number of hydrogen-bond donors (Lipinski definition) is 1. The molecule has 0 spiro atoms. The molecule has 1 N–H and O–H groups in total. The van der Waals surface area contributed by atoms with Gasteiger partial charge in [0.2, 0.25) is 5.52 Å². The van der Waals surface area contributed by atoms with Crippen LogP contribution in [0.3, 0.4) is 0 Å². The molecule has 3 rings (SSSR count). The van der Waals surface area contributed by atoms with E-state index in [1.807, 2.05) is 0 Å². The van der Waals surface area contributed by atoms with Crippen LogP contribution in [-0.4, -0.2) is 31.4 Å². The van der Waals surface area contributed by atoms with Crippen LogP contribution in [0.15, 0.2) is 33.9 Å². The van der Waals surface area contributed by atoms with Crippen molar-refractivity contribution in [3.63, 3.8) is 0 Å². The highest BCUT2D eigenvalue weighted by Crippen LogP contribution is 2.20. The Labute approximate surface area is 127 Å². The molecule has 2 heterocycles. The van der Waals surface area contributed by atoms with Crippen LogP contribution in [0.5, 0.6) is 5.75 Å². The lowest BCUT2D eigenvalue weighted by molar-refractivity contribution is -0.383. The molecule has 10 nitrogen and oxygen atoms in total. The van der Waals surface area contributed by atoms with Crippen molar-refractivity contribution >= 4 is 11.2 Å². The van der Waals surface area contributed by atoms with E-state index in [9.17, 15) is 19.7 Å². The fourth-order valence-corrected chi connectivity index (χ4v) is 2.30. The van der Waals surface area contributed by atoms with E-state index in [1.54, 1.807) is 18.2 Å². The summed E-state index contributed by atoms with van der Waals surface area (Å²) in [4.78, 5) is 35.0. The van der Waals surface area contributed by atoms with Crippen molar-refractivity contribution in [2.75, 3.05) is 7.11 Å². The Morgan fingerprint density at radius 1 is 1.35 bits per heavy atom. The number of aromatic amines is 1. The van der Waals surface area contributed by atoms with Crippen LogP contribution in [0.25, 0.3) is 11.2 Å². The molecule has 0 aliphatic heterocycles. The van der Waals surface area contributed by atoms with Crippen molar-refractivity contribution in [3.8, 4) is 11.4 Å². The molecular weight excluding hydrogens is 306 g/mol. The number of fused-ring (bicyclic) bond motifs is 1. The lowest BCUT2D eigenvalue weighted by atomic mass is 10.3. The molecule has 0 atom stereocenters. The third kappa shape index (κ3) is 2.16. The zero-order chi connectivity index (χ0) is 16.7. The predicted octanol–water partition coefficient (Wildman–Crippen LogP) is 0.399. The van der Waals surface area contributed by atoms with Crippen LogP contribution < -0.4 is 16.0 Å². The van der Waals surface area contributed by atoms with Crippen molar-refractivity contribution in [1.29, 1.82) is 0 Å². The van der Waals surface area contributed by atoms with Gasteiger partial charge in [-0.15, -0.1) is 0 Å². The molecule has 0 saturated heterocycles. The minimum absolute atomic E-state index is 0.0130. The molecule has 3 aromatic rings. The monoisotopic (exact) mass is 317 g/mol. The van der Waals surface area contributed by atoms with Crippen LogP contribution in [0, 0.1) is 17.0 Å². The van der Waals surface area contributed by atoms with Gasteiger partial charge in [0.05, 0.1) is 17.7 Å². The Morgan fingerprint density at radius 3 is 2.74 bits per heavy atom. The summed E-state index contributed by atoms with van der Waals surface area (Å²) in [6.45, 7) is 1.36. The number of nitro groups is 1. The molecule has 23 heavy (non-hydrogen) atoms. The van der Waals surface area contributed by atoms with Gasteiger partial charge in [-0.25, -0.2) is 9.48 Å². The van der Waals surface area contributed by atoms with Crippen LogP contribution in [0.2, 0.25) is 0 Å². The Balaban J connectivity index is 2.38. The number of methoxy groups -OCH3 is 1. The number of H-pyrrole nitrogens is 1. The summed E-state index contributed by atoms with van der Waals surface area (Å²) in [5.41, 5.74) is -2.08. The normalized spacial score (nSPS) is 10.9. The number of nitrogens with one attached hydrogen (secondary N) is 1. The van der Waals surface area contributed by atoms with E-state index in [0.29, 0.717) is 11.4 Å². The zero-order valence-corrected chi connectivity index (χ0v) is 12.1. The van der Waals surface area contributed by atoms with E-state index in [1.165, 1.54) is 20.1 Å². The van der Waals surface area contributed by atoms with Gasteiger partial charge in [0, 0.05) is 6.07 Å². The summed E-state index contributed by atoms with van der Waals surface area (Å²) < 4.78 is 6.75. The van der Waals surface area contributed by atoms with E-state index < -0.39 is 27.4 Å². The Hall–Kier alpha value is -3.43. The number of aryl methyl sites for hydroxylation is 1. The maximum Gasteiger partial charge on any atom is 0.369 e. The molecule has 0 unspecified atom stereocenters. The second-order valence-corrected chi connectivity index (χ2v) is 4.71. The van der Waals surface area contributed by atoms with Gasteiger partial charge in [-0.3, -0.25) is 20.0 Å².